The molecule has 0 fully saturated rings. The Morgan fingerprint density at radius 2 is 1.94 bits per heavy atom. The number of furan rings is 1. The van der Waals surface area contributed by atoms with Crippen molar-refractivity contribution in [1.29, 1.82) is 0 Å². The van der Waals surface area contributed by atoms with E-state index in [1.54, 1.807) is 30.3 Å². The number of fused-ring (bicyclic) bond motifs is 2. The van der Waals surface area contributed by atoms with Crippen LogP contribution in [0.2, 0.25) is 0 Å². The molecule has 0 unspecified atom stereocenters. The summed E-state index contributed by atoms with van der Waals surface area (Å²) in [4.78, 5) is 29.0. The summed E-state index contributed by atoms with van der Waals surface area (Å²) in [6.45, 7) is 3.69. The number of hydrogen-bond donors (Lipinski definition) is 0. The molecule has 36 heavy (non-hydrogen) atoms. The third kappa shape index (κ3) is 4.50. The number of rotatable bonds is 6. The van der Waals surface area contributed by atoms with Crippen LogP contribution in [0.15, 0.2) is 85.5 Å². The van der Waals surface area contributed by atoms with Crippen molar-refractivity contribution in [2.24, 2.45) is 5.10 Å². The average molecular weight is 547 g/mol. The Bertz CT molecular complexity index is 1720. The van der Waals surface area contributed by atoms with Crippen molar-refractivity contribution in [2.45, 2.75) is 20.0 Å². The molecule has 0 atom stereocenters. The molecule has 10 heteroatoms. The van der Waals surface area contributed by atoms with Gasteiger partial charge in [-0.2, -0.15) is 9.78 Å². The van der Waals surface area contributed by atoms with E-state index >= 15 is 0 Å². The van der Waals surface area contributed by atoms with E-state index in [0.29, 0.717) is 33.6 Å². The van der Waals surface area contributed by atoms with E-state index in [2.05, 4.69) is 26.0 Å². The van der Waals surface area contributed by atoms with E-state index in [9.17, 15) is 14.9 Å². The largest absolute Gasteiger partial charge is 0.490 e. The summed E-state index contributed by atoms with van der Waals surface area (Å²) in [5, 5.41) is 16.9. The van der Waals surface area contributed by atoms with Gasteiger partial charge in [-0.3, -0.25) is 14.9 Å². The number of nitro benzene ring substituents is 1. The van der Waals surface area contributed by atoms with Gasteiger partial charge in [0.15, 0.2) is 5.76 Å². The van der Waals surface area contributed by atoms with Crippen LogP contribution in [0.1, 0.15) is 19.4 Å². The van der Waals surface area contributed by atoms with Crippen LogP contribution in [0, 0.1) is 10.1 Å². The molecule has 2 aromatic heterocycles. The summed E-state index contributed by atoms with van der Waals surface area (Å²) in [5.41, 5.74) is 0.921. The molecule has 0 bridgehead atoms. The lowest BCUT2D eigenvalue weighted by Gasteiger charge is -2.12. The standard InChI is InChI=1S/C26H19BrN4O5/c1-15(2)35-23-10-8-19(31(33)34)12-17(23)14-28-30-25(29-21-6-4-3-5-20(21)26(30)32)24-13-16-11-18(27)7-9-22(16)36-24/h3-15H,1-2H3. The maximum absolute atomic E-state index is 13.5. The molecule has 5 rings (SSSR count). The lowest BCUT2D eigenvalue weighted by Crippen LogP contribution is -2.20. The second-order valence-corrected chi connectivity index (χ2v) is 9.17. The van der Waals surface area contributed by atoms with Crippen molar-refractivity contribution in [2.75, 3.05) is 0 Å². The van der Waals surface area contributed by atoms with E-state index in [4.69, 9.17) is 9.15 Å². The first-order valence-electron chi connectivity index (χ1n) is 11.0. The van der Waals surface area contributed by atoms with Crippen LogP contribution in [0.3, 0.4) is 0 Å². The zero-order valence-electron chi connectivity index (χ0n) is 19.2. The molecule has 180 valence electrons. The molecule has 3 aromatic carbocycles. The van der Waals surface area contributed by atoms with Gasteiger partial charge in [-0.05, 0) is 56.3 Å². The number of ether oxygens (including phenoxy) is 1. The predicted octanol–water partition coefficient (Wildman–Crippen LogP) is 6.15. The summed E-state index contributed by atoms with van der Waals surface area (Å²) < 4.78 is 13.8. The summed E-state index contributed by atoms with van der Waals surface area (Å²) in [7, 11) is 0. The SMILES string of the molecule is CC(C)Oc1ccc([N+](=O)[O-])cc1C=Nn1c(-c2cc3cc(Br)ccc3o2)nc2ccccc2c1=O. The van der Waals surface area contributed by atoms with Gasteiger partial charge in [0.25, 0.3) is 11.2 Å². The Morgan fingerprint density at radius 3 is 2.72 bits per heavy atom. The number of para-hydroxylation sites is 1. The molecule has 0 radical (unpaired) electrons. The number of nitro groups is 1. The van der Waals surface area contributed by atoms with Gasteiger partial charge in [-0.1, -0.05) is 28.1 Å². The molecule has 0 aliphatic carbocycles. The van der Waals surface area contributed by atoms with Crippen LogP contribution in [-0.2, 0) is 0 Å². The summed E-state index contributed by atoms with van der Waals surface area (Å²) >= 11 is 3.45. The van der Waals surface area contributed by atoms with Crippen LogP contribution >= 0.6 is 15.9 Å². The van der Waals surface area contributed by atoms with Crippen LogP contribution in [0.25, 0.3) is 33.5 Å². The van der Waals surface area contributed by atoms with Crippen LogP contribution < -0.4 is 10.3 Å². The first kappa shape index (κ1) is 23.4. The molecule has 0 aliphatic rings. The summed E-state index contributed by atoms with van der Waals surface area (Å²) in [5.74, 6) is 0.941. The lowest BCUT2D eigenvalue weighted by atomic mass is 10.2. The van der Waals surface area contributed by atoms with E-state index < -0.39 is 10.5 Å². The van der Waals surface area contributed by atoms with Gasteiger partial charge in [0.05, 0.1) is 28.1 Å². The number of hydrogen-bond acceptors (Lipinski definition) is 7. The van der Waals surface area contributed by atoms with Crippen molar-refractivity contribution >= 4 is 49.7 Å². The molecule has 0 saturated heterocycles. The Hall–Kier alpha value is -4.31. The molecule has 5 aromatic rings. The molecule has 9 nitrogen and oxygen atoms in total. The fourth-order valence-electron chi connectivity index (χ4n) is 3.75. The number of benzene rings is 3. The highest BCUT2D eigenvalue weighted by Crippen LogP contribution is 2.29. The van der Waals surface area contributed by atoms with E-state index in [1.165, 1.54) is 24.4 Å². The Labute approximate surface area is 212 Å². The highest BCUT2D eigenvalue weighted by Gasteiger charge is 2.17. The summed E-state index contributed by atoms with van der Waals surface area (Å²) in [6, 6.07) is 18.5. The number of aromatic nitrogens is 2. The van der Waals surface area contributed by atoms with Crippen LogP contribution in [0.5, 0.6) is 5.75 Å². The predicted molar refractivity (Wildman–Crippen MR) is 141 cm³/mol. The zero-order chi connectivity index (χ0) is 25.4. The smallest absolute Gasteiger partial charge is 0.282 e. The van der Waals surface area contributed by atoms with Gasteiger partial charge < -0.3 is 9.15 Å². The first-order valence-corrected chi connectivity index (χ1v) is 11.8. The fraction of sp³-hybridized carbons (Fsp3) is 0.115. The fourth-order valence-corrected chi connectivity index (χ4v) is 4.13. The average Bonchev–Trinajstić information content (AvgIpc) is 3.26. The minimum absolute atomic E-state index is 0.125. The van der Waals surface area contributed by atoms with Gasteiger partial charge in [0, 0.05) is 27.6 Å². The molecule has 0 N–H and O–H groups in total. The maximum Gasteiger partial charge on any atom is 0.282 e. The van der Waals surface area contributed by atoms with Crippen molar-refractivity contribution in [3.05, 3.63) is 97.2 Å². The van der Waals surface area contributed by atoms with E-state index in [1.807, 2.05) is 32.0 Å². The molecule has 0 spiro atoms. The normalized spacial score (nSPS) is 11.7. The van der Waals surface area contributed by atoms with Gasteiger partial charge in [-0.25, -0.2) is 4.98 Å². The van der Waals surface area contributed by atoms with Gasteiger partial charge in [-0.15, -0.1) is 0 Å². The molecular weight excluding hydrogens is 528 g/mol. The Balaban J connectivity index is 1.71. The maximum atomic E-state index is 13.5. The zero-order valence-corrected chi connectivity index (χ0v) is 20.8. The minimum Gasteiger partial charge on any atom is -0.490 e. The second kappa shape index (κ2) is 9.38. The third-order valence-electron chi connectivity index (χ3n) is 5.33. The number of non-ortho nitro benzene ring substituents is 1. The molecule has 0 saturated carbocycles. The second-order valence-electron chi connectivity index (χ2n) is 8.25. The number of nitrogens with zero attached hydrogens (tertiary/aromatic N) is 4. The van der Waals surface area contributed by atoms with Crippen LogP contribution in [-0.4, -0.2) is 26.9 Å². The van der Waals surface area contributed by atoms with Gasteiger partial charge >= 0.3 is 0 Å². The monoisotopic (exact) mass is 546 g/mol. The topological polar surface area (TPSA) is 113 Å². The molecule has 0 amide bonds. The van der Waals surface area contributed by atoms with Gasteiger partial charge in [0.2, 0.25) is 5.82 Å². The van der Waals surface area contributed by atoms with E-state index in [-0.39, 0.29) is 17.6 Å². The number of halogens is 1. The molecular formula is C26H19BrN4O5. The third-order valence-corrected chi connectivity index (χ3v) is 5.82. The van der Waals surface area contributed by atoms with Crippen molar-refractivity contribution in [1.82, 2.24) is 9.66 Å². The summed E-state index contributed by atoms with van der Waals surface area (Å²) in [6.07, 6.45) is 1.18. The molecule has 2 heterocycles. The van der Waals surface area contributed by atoms with Gasteiger partial charge in [0.1, 0.15) is 11.3 Å². The Kier molecular flexibility index (Phi) is 6.11. The quantitative estimate of drug-likeness (QED) is 0.143. The highest BCUT2D eigenvalue weighted by atomic mass is 79.9. The first-order chi connectivity index (χ1) is 17.3. The Morgan fingerprint density at radius 1 is 1.14 bits per heavy atom. The highest BCUT2D eigenvalue weighted by molar-refractivity contribution is 9.10. The van der Waals surface area contributed by atoms with E-state index in [0.717, 1.165) is 14.5 Å². The lowest BCUT2D eigenvalue weighted by molar-refractivity contribution is -0.384. The molecule has 0 aliphatic heterocycles. The van der Waals surface area contributed by atoms with Crippen LogP contribution in [0.4, 0.5) is 5.69 Å². The van der Waals surface area contributed by atoms with Crippen molar-refractivity contribution in [3.63, 3.8) is 0 Å². The minimum atomic E-state index is -0.502. The van der Waals surface area contributed by atoms with Crippen molar-refractivity contribution in [3.8, 4) is 17.3 Å². The van der Waals surface area contributed by atoms with Crippen molar-refractivity contribution < 1.29 is 14.1 Å².